The molecule has 1 unspecified atom stereocenters. The number of amides is 2. The van der Waals surface area contributed by atoms with E-state index in [0.717, 1.165) is 24.0 Å². The second-order valence-electron chi connectivity index (χ2n) is 9.67. The van der Waals surface area contributed by atoms with Crippen LogP contribution in [0, 0.1) is 5.92 Å². The number of aliphatic carboxylic acids is 1. The molecular weight excluding hydrogens is 448 g/mol. The van der Waals surface area contributed by atoms with Crippen LogP contribution in [0.3, 0.4) is 0 Å². The minimum atomic E-state index is -1.47. The van der Waals surface area contributed by atoms with Crippen molar-refractivity contribution < 1.29 is 29.0 Å². The van der Waals surface area contributed by atoms with Crippen LogP contribution in [-0.2, 0) is 19.1 Å². The number of fused-ring (bicyclic) bond motifs is 3. The lowest BCUT2D eigenvalue weighted by Gasteiger charge is -2.26. The minimum absolute atomic E-state index is 0.00354. The van der Waals surface area contributed by atoms with E-state index in [-0.39, 0.29) is 43.4 Å². The maximum Gasteiger partial charge on any atom is 0.407 e. The highest BCUT2D eigenvalue weighted by molar-refractivity contribution is 5.87. The zero-order valence-corrected chi connectivity index (χ0v) is 20.1. The van der Waals surface area contributed by atoms with E-state index in [1.165, 1.54) is 25.2 Å². The van der Waals surface area contributed by atoms with Crippen molar-refractivity contribution in [2.24, 2.45) is 5.92 Å². The average Bonchev–Trinajstić information content (AvgIpc) is 3.39. The number of carboxylic acid groups (broad SMARTS) is 1. The van der Waals surface area contributed by atoms with Gasteiger partial charge in [-0.15, -0.1) is 0 Å². The molecule has 0 heterocycles. The van der Waals surface area contributed by atoms with E-state index in [1.807, 2.05) is 24.3 Å². The second kappa shape index (κ2) is 10.5. The highest BCUT2D eigenvalue weighted by atomic mass is 16.5. The molecule has 3 atom stereocenters. The van der Waals surface area contributed by atoms with Crippen LogP contribution in [0.5, 0.6) is 0 Å². The first-order chi connectivity index (χ1) is 16.8. The number of rotatable bonds is 9. The summed E-state index contributed by atoms with van der Waals surface area (Å²) in [7, 11) is 1.39. The van der Waals surface area contributed by atoms with Crippen molar-refractivity contribution in [1.82, 2.24) is 10.6 Å². The molecule has 8 heteroatoms. The van der Waals surface area contributed by atoms with Crippen LogP contribution in [0.25, 0.3) is 11.1 Å². The lowest BCUT2D eigenvalue weighted by Crippen LogP contribution is -2.55. The molecule has 35 heavy (non-hydrogen) atoms. The summed E-state index contributed by atoms with van der Waals surface area (Å²) in [4.78, 5) is 36.5. The van der Waals surface area contributed by atoms with Gasteiger partial charge in [0, 0.05) is 25.5 Å². The van der Waals surface area contributed by atoms with Gasteiger partial charge in [-0.2, -0.15) is 0 Å². The number of carboxylic acids is 1. The number of ether oxygens (including phenoxy) is 2. The van der Waals surface area contributed by atoms with Crippen molar-refractivity contribution in [3.63, 3.8) is 0 Å². The molecule has 2 aromatic carbocycles. The van der Waals surface area contributed by atoms with Crippen molar-refractivity contribution in [2.45, 2.75) is 50.1 Å². The van der Waals surface area contributed by atoms with E-state index >= 15 is 0 Å². The molecule has 1 fully saturated rings. The third-order valence-electron chi connectivity index (χ3n) is 7.00. The summed E-state index contributed by atoms with van der Waals surface area (Å²) in [5.74, 6) is -1.41. The van der Waals surface area contributed by atoms with Crippen LogP contribution >= 0.6 is 0 Å². The summed E-state index contributed by atoms with van der Waals surface area (Å²) in [5, 5.41) is 14.9. The fourth-order valence-corrected chi connectivity index (χ4v) is 5.26. The fraction of sp³-hybridized carbons (Fsp3) is 0.444. The second-order valence-corrected chi connectivity index (χ2v) is 9.67. The zero-order valence-electron chi connectivity index (χ0n) is 20.1. The van der Waals surface area contributed by atoms with Gasteiger partial charge in [-0.25, -0.2) is 9.59 Å². The van der Waals surface area contributed by atoms with Crippen LogP contribution in [0.4, 0.5) is 4.79 Å². The first-order valence-corrected chi connectivity index (χ1v) is 12.0. The smallest absolute Gasteiger partial charge is 0.407 e. The molecule has 1 saturated carbocycles. The van der Waals surface area contributed by atoms with E-state index in [9.17, 15) is 19.5 Å². The molecule has 0 bridgehead atoms. The first kappa shape index (κ1) is 24.7. The van der Waals surface area contributed by atoms with Crippen molar-refractivity contribution in [3.05, 3.63) is 59.7 Å². The van der Waals surface area contributed by atoms with Gasteiger partial charge in [0.1, 0.15) is 6.61 Å². The van der Waals surface area contributed by atoms with Crippen LogP contribution in [0.15, 0.2) is 48.5 Å². The summed E-state index contributed by atoms with van der Waals surface area (Å²) < 4.78 is 10.6. The highest BCUT2D eigenvalue weighted by Crippen LogP contribution is 2.44. The normalized spacial score (nSPS) is 20.4. The largest absolute Gasteiger partial charge is 0.479 e. The van der Waals surface area contributed by atoms with E-state index < -0.39 is 17.6 Å². The monoisotopic (exact) mass is 480 g/mol. The van der Waals surface area contributed by atoms with Crippen molar-refractivity contribution in [2.75, 3.05) is 20.3 Å². The van der Waals surface area contributed by atoms with E-state index in [0.29, 0.717) is 6.42 Å². The summed E-state index contributed by atoms with van der Waals surface area (Å²) in [6, 6.07) is 16.3. The van der Waals surface area contributed by atoms with Gasteiger partial charge in [0.15, 0.2) is 5.54 Å². The Hall–Kier alpha value is -3.39. The number of hydrogen-bond acceptors (Lipinski definition) is 5. The van der Waals surface area contributed by atoms with Gasteiger partial charge >= 0.3 is 12.1 Å². The number of hydrogen-bond donors (Lipinski definition) is 3. The molecular formula is C27H32N2O6. The summed E-state index contributed by atoms with van der Waals surface area (Å²) in [5.41, 5.74) is 3.21. The Morgan fingerprint density at radius 3 is 2.26 bits per heavy atom. The van der Waals surface area contributed by atoms with Crippen LogP contribution in [-0.4, -0.2) is 55.0 Å². The van der Waals surface area contributed by atoms with Crippen LogP contribution < -0.4 is 10.6 Å². The van der Waals surface area contributed by atoms with E-state index in [2.05, 4.69) is 34.9 Å². The Balaban J connectivity index is 1.26. The summed E-state index contributed by atoms with van der Waals surface area (Å²) in [6.45, 7) is 1.56. The van der Waals surface area contributed by atoms with Crippen LogP contribution in [0.1, 0.15) is 49.7 Å². The third-order valence-corrected chi connectivity index (χ3v) is 7.00. The number of nitrogens with one attached hydrogen (secondary N) is 2. The van der Waals surface area contributed by atoms with Gasteiger partial charge in [0.25, 0.3) is 0 Å². The van der Waals surface area contributed by atoms with Gasteiger partial charge in [0.05, 0.1) is 6.61 Å². The zero-order chi connectivity index (χ0) is 25.0. The topological polar surface area (TPSA) is 114 Å². The Morgan fingerprint density at radius 2 is 1.66 bits per heavy atom. The minimum Gasteiger partial charge on any atom is -0.479 e. The molecule has 0 radical (unpaired) electrons. The van der Waals surface area contributed by atoms with Gasteiger partial charge in [-0.05, 0) is 54.4 Å². The Morgan fingerprint density at radius 1 is 1.03 bits per heavy atom. The van der Waals surface area contributed by atoms with Gasteiger partial charge in [0.2, 0.25) is 5.91 Å². The Bertz CT molecular complexity index is 1060. The van der Waals surface area contributed by atoms with Gasteiger partial charge in [-0.1, -0.05) is 48.5 Å². The lowest BCUT2D eigenvalue weighted by atomic mass is 9.98. The first-order valence-electron chi connectivity index (χ1n) is 12.0. The predicted octanol–water partition coefficient (Wildman–Crippen LogP) is 3.69. The molecule has 0 saturated heterocycles. The Labute approximate surface area is 205 Å². The molecule has 0 spiro atoms. The van der Waals surface area contributed by atoms with Crippen molar-refractivity contribution in [3.8, 4) is 11.1 Å². The number of benzene rings is 2. The molecule has 2 amide bonds. The average molecular weight is 481 g/mol. The van der Waals surface area contributed by atoms with E-state index in [4.69, 9.17) is 9.47 Å². The molecule has 2 aromatic rings. The third kappa shape index (κ3) is 5.48. The van der Waals surface area contributed by atoms with Crippen LogP contribution in [0.2, 0.25) is 0 Å². The van der Waals surface area contributed by atoms with Crippen molar-refractivity contribution >= 4 is 18.0 Å². The molecule has 4 rings (SSSR count). The number of alkyl carbamates (subject to hydrolysis) is 1. The van der Waals surface area contributed by atoms with E-state index in [1.54, 1.807) is 0 Å². The maximum absolute atomic E-state index is 12.6. The van der Waals surface area contributed by atoms with Gasteiger partial charge in [-0.3, -0.25) is 4.79 Å². The molecule has 186 valence electrons. The number of carbonyl (C=O) groups is 3. The SMILES string of the molecule is COCC(C)(NC(=O)C[C@H]1CC[C@@H](NC(=O)OCC2c3ccccc3-c3ccccc32)C1)C(=O)O. The molecule has 2 aliphatic rings. The standard InChI is InChI=1S/C27H32N2O6/c1-27(16-34-2,25(31)32)29-24(30)14-17-11-12-18(13-17)28-26(33)35-15-23-21-9-5-3-7-19(21)20-8-4-6-10-22(20)23/h3-10,17-18,23H,11-16H2,1-2H3,(H,28,33)(H,29,30)(H,31,32)/t17-,18+,27?/m0/s1. The molecule has 0 aromatic heterocycles. The molecule has 0 aliphatic heterocycles. The summed E-state index contributed by atoms with van der Waals surface area (Å²) in [6.07, 6.45) is 1.91. The predicted molar refractivity (Wildman–Crippen MR) is 130 cm³/mol. The maximum atomic E-state index is 12.6. The molecule has 2 aliphatic carbocycles. The van der Waals surface area contributed by atoms with Crippen molar-refractivity contribution in [1.29, 1.82) is 0 Å². The molecule has 8 nitrogen and oxygen atoms in total. The Kier molecular flexibility index (Phi) is 7.40. The number of methoxy groups -OCH3 is 1. The highest BCUT2D eigenvalue weighted by Gasteiger charge is 2.36. The fourth-order valence-electron chi connectivity index (χ4n) is 5.26. The number of carbonyl (C=O) groups excluding carboxylic acids is 2. The molecule has 3 N–H and O–H groups in total. The quantitative estimate of drug-likeness (QED) is 0.504. The summed E-state index contributed by atoms with van der Waals surface area (Å²) >= 11 is 0. The lowest BCUT2D eigenvalue weighted by molar-refractivity contribution is -0.149. The van der Waals surface area contributed by atoms with Gasteiger partial charge < -0.3 is 25.2 Å².